The zero-order valence-corrected chi connectivity index (χ0v) is 15.3. The Hall–Kier alpha value is -2.34. The quantitative estimate of drug-likeness (QED) is 0.832. The molecular formula is C19H21ClN4O2. The highest BCUT2D eigenvalue weighted by atomic mass is 35.5. The van der Waals surface area contributed by atoms with Crippen LogP contribution in [-0.2, 0) is 13.1 Å². The fourth-order valence-electron chi connectivity index (χ4n) is 3.58. The molecule has 1 aromatic heterocycles. The largest absolute Gasteiger partial charge is 0.337 e. The van der Waals surface area contributed by atoms with Crippen molar-refractivity contribution in [3.05, 3.63) is 52.3 Å². The van der Waals surface area contributed by atoms with Crippen LogP contribution in [0.3, 0.4) is 0 Å². The van der Waals surface area contributed by atoms with Crippen molar-refractivity contribution < 1.29 is 9.59 Å². The lowest BCUT2D eigenvalue weighted by molar-refractivity contribution is 0.0679. The summed E-state index contributed by atoms with van der Waals surface area (Å²) in [4.78, 5) is 29.1. The van der Waals surface area contributed by atoms with E-state index in [1.54, 1.807) is 15.6 Å². The van der Waals surface area contributed by atoms with Crippen LogP contribution in [0.25, 0.3) is 0 Å². The fraction of sp³-hybridized carbons (Fsp3) is 0.421. The van der Waals surface area contributed by atoms with Gasteiger partial charge < -0.3 is 9.80 Å². The number of likely N-dealkylation sites (tertiary alicyclic amines) is 1. The number of hydrogen-bond acceptors (Lipinski definition) is 3. The van der Waals surface area contributed by atoms with E-state index >= 15 is 0 Å². The maximum absolute atomic E-state index is 12.8. The van der Waals surface area contributed by atoms with Crippen molar-refractivity contribution in [3.63, 3.8) is 0 Å². The minimum absolute atomic E-state index is 0.0722. The standard InChI is InChI=1S/C19H21ClN4O2/c20-15-7-3-2-6-14(15)13-23-10-11-24-17(19(23)26)12-16(21-24)18(25)22-8-4-1-5-9-22/h2-3,6-7,12H,1,4-5,8-11,13H2. The Morgan fingerprint density at radius 1 is 1.08 bits per heavy atom. The molecule has 6 nitrogen and oxygen atoms in total. The number of carbonyl (C=O) groups is 2. The van der Waals surface area contributed by atoms with Crippen LogP contribution in [0.4, 0.5) is 0 Å². The van der Waals surface area contributed by atoms with E-state index in [2.05, 4.69) is 5.10 Å². The molecule has 1 aromatic carbocycles. The molecule has 4 rings (SSSR count). The van der Waals surface area contributed by atoms with Crippen LogP contribution in [0.1, 0.15) is 45.8 Å². The maximum atomic E-state index is 12.8. The predicted molar refractivity (Wildman–Crippen MR) is 98.2 cm³/mol. The van der Waals surface area contributed by atoms with Gasteiger partial charge in [-0.3, -0.25) is 14.3 Å². The van der Waals surface area contributed by atoms with Crippen molar-refractivity contribution in [2.24, 2.45) is 0 Å². The smallest absolute Gasteiger partial charge is 0.274 e. The topological polar surface area (TPSA) is 58.4 Å². The van der Waals surface area contributed by atoms with Crippen molar-refractivity contribution >= 4 is 23.4 Å². The molecule has 2 aliphatic heterocycles. The van der Waals surface area contributed by atoms with Gasteiger partial charge in [0, 0.05) is 37.3 Å². The van der Waals surface area contributed by atoms with Gasteiger partial charge >= 0.3 is 0 Å². The van der Waals surface area contributed by atoms with Crippen LogP contribution in [-0.4, -0.2) is 51.0 Å². The Balaban J connectivity index is 1.52. The molecule has 0 radical (unpaired) electrons. The number of nitrogens with zero attached hydrogens (tertiary/aromatic N) is 4. The molecule has 7 heteroatoms. The molecule has 2 aromatic rings. The number of hydrogen-bond donors (Lipinski definition) is 0. The number of carbonyl (C=O) groups excluding carboxylic acids is 2. The lowest BCUT2D eigenvalue weighted by Gasteiger charge is -2.27. The summed E-state index contributed by atoms with van der Waals surface area (Å²) in [6.07, 6.45) is 3.23. The van der Waals surface area contributed by atoms with E-state index in [9.17, 15) is 9.59 Å². The molecule has 0 saturated carbocycles. The first kappa shape index (κ1) is 17.1. The Kier molecular flexibility index (Phi) is 4.68. The van der Waals surface area contributed by atoms with E-state index in [0.717, 1.165) is 31.5 Å². The van der Waals surface area contributed by atoms with E-state index in [1.165, 1.54) is 6.42 Å². The van der Waals surface area contributed by atoms with Crippen molar-refractivity contribution in [2.45, 2.75) is 32.4 Å². The van der Waals surface area contributed by atoms with Crippen LogP contribution in [0.15, 0.2) is 30.3 Å². The molecule has 3 heterocycles. The second kappa shape index (κ2) is 7.11. The first-order valence-electron chi connectivity index (χ1n) is 9.03. The van der Waals surface area contributed by atoms with Gasteiger partial charge in [0.25, 0.3) is 11.8 Å². The van der Waals surface area contributed by atoms with Crippen molar-refractivity contribution in [3.8, 4) is 0 Å². The summed E-state index contributed by atoms with van der Waals surface area (Å²) in [7, 11) is 0. The van der Waals surface area contributed by atoms with Crippen LogP contribution >= 0.6 is 11.6 Å². The first-order valence-corrected chi connectivity index (χ1v) is 9.41. The molecule has 0 unspecified atom stereocenters. The molecule has 1 saturated heterocycles. The summed E-state index contributed by atoms with van der Waals surface area (Å²) < 4.78 is 1.66. The Morgan fingerprint density at radius 3 is 2.62 bits per heavy atom. The Labute approximate surface area is 157 Å². The highest BCUT2D eigenvalue weighted by Crippen LogP contribution is 2.22. The third kappa shape index (κ3) is 3.21. The Morgan fingerprint density at radius 2 is 1.85 bits per heavy atom. The first-order chi connectivity index (χ1) is 12.6. The number of fused-ring (bicyclic) bond motifs is 1. The van der Waals surface area contributed by atoms with E-state index in [4.69, 9.17) is 11.6 Å². The maximum Gasteiger partial charge on any atom is 0.274 e. The molecule has 0 atom stereocenters. The van der Waals surface area contributed by atoms with Gasteiger partial charge in [-0.1, -0.05) is 29.8 Å². The molecule has 2 aliphatic rings. The van der Waals surface area contributed by atoms with E-state index in [1.807, 2.05) is 29.2 Å². The SMILES string of the molecule is O=C(c1cc2n(n1)CCN(Cc1ccccc1Cl)C2=O)N1CCCCC1. The number of rotatable bonds is 3. The number of amides is 2. The van der Waals surface area contributed by atoms with Gasteiger partial charge in [0.15, 0.2) is 5.69 Å². The number of piperidine rings is 1. The van der Waals surface area contributed by atoms with Crippen molar-refractivity contribution in [1.29, 1.82) is 0 Å². The predicted octanol–water partition coefficient (Wildman–Crippen LogP) is 2.82. The van der Waals surface area contributed by atoms with Crippen molar-refractivity contribution in [1.82, 2.24) is 19.6 Å². The second-order valence-corrected chi connectivity index (χ2v) is 7.22. The van der Waals surface area contributed by atoms with Gasteiger partial charge in [-0.05, 0) is 30.9 Å². The lowest BCUT2D eigenvalue weighted by Crippen LogP contribution is -2.39. The molecular weight excluding hydrogens is 352 g/mol. The average Bonchev–Trinajstić information content (AvgIpc) is 3.11. The molecule has 0 spiro atoms. The summed E-state index contributed by atoms with van der Waals surface area (Å²) in [5, 5.41) is 5.04. The van der Waals surface area contributed by atoms with Crippen LogP contribution in [0.2, 0.25) is 5.02 Å². The van der Waals surface area contributed by atoms with Gasteiger partial charge in [0.2, 0.25) is 0 Å². The molecule has 0 aliphatic carbocycles. The zero-order chi connectivity index (χ0) is 18.1. The van der Waals surface area contributed by atoms with E-state index in [-0.39, 0.29) is 11.8 Å². The van der Waals surface area contributed by atoms with Crippen LogP contribution in [0.5, 0.6) is 0 Å². The number of halogens is 1. The van der Waals surface area contributed by atoms with Gasteiger partial charge in [-0.2, -0.15) is 5.10 Å². The molecule has 0 bridgehead atoms. The van der Waals surface area contributed by atoms with Gasteiger partial charge in [0.1, 0.15) is 5.69 Å². The van der Waals surface area contributed by atoms with E-state index in [0.29, 0.717) is 36.0 Å². The van der Waals surface area contributed by atoms with Crippen LogP contribution in [0, 0.1) is 0 Å². The second-order valence-electron chi connectivity index (χ2n) is 6.81. The highest BCUT2D eigenvalue weighted by Gasteiger charge is 2.29. The van der Waals surface area contributed by atoms with Crippen molar-refractivity contribution in [2.75, 3.05) is 19.6 Å². The highest BCUT2D eigenvalue weighted by molar-refractivity contribution is 6.31. The molecule has 26 heavy (non-hydrogen) atoms. The third-order valence-corrected chi connectivity index (χ3v) is 5.42. The van der Waals surface area contributed by atoms with Gasteiger partial charge in [0.05, 0.1) is 6.54 Å². The lowest BCUT2D eigenvalue weighted by atomic mass is 10.1. The average molecular weight is 373 g/mol. The summed E-state index contributed by atoms with van der Waals surface area (Å²) in [5.74, 6) is -0.182. The Bertz CT molecular complexity index is 842. The molecule has 0 N–H and O–H groups in total. The minimum atomic E-state index is -0.110. The minimum Gasteiger partial charge on any atom is -0.337 e. The molecule has 2 amide bonds. The van der Waals surface area contributed by atoms with Crippen LogP contribution < -0.4 is 0 Å². The van der Waals surface area contributed by atoms with Gasteiger partial charge in [-0.15, -0.1) is 0 Å². The normalized spacial score (nSPS) is 17.3. The summed E-state index contributed by atoms with van der Waals surface area (Å²) >= 11 is 6.22. The monoisotopic (exact) mass is 372 g/mol. The number of benzene rings is 1. The molecule has 136 valence electrons. The number of aromatic nitrogens is 2. The van der Waals surface area contributed by atoms with E-state index < -0.39 is 0 Å². The summed E-state index contributed by atoms with van der Waals surface area (Å²) in [5.41, 5.74) is 1.76. The summed E-state index contributed by atoms with van der Waals surface area (Å²) in [6.45, 7) is 3.13. The fourth-order valence-corrected chi connectivity index (χ4v) is 3.78. The summed E-state index contributed by atoms with van der Waals surface area (Å²) in [6, 6.07) is 9.17. The zero-order valence-electron chi connectivity index (χ0n) is 14.5. The molecule has 1 fully saturated rings. The van der Waals surface area contributed by atoms with Gasteiger partial charge in [-0.25, -0.2) is 0 Å². The third-order valence-electron chi connectivity index (χ3n) is 5.05.